The van der Waals surface area contributed by atoms with Crippen molar-refractivity contribution in [2.45, 2.75) is 6.54 Å². The normalized spacial score (nSPS) is 15.2. The molecule has 0 N–H and O–H groups in total. The number of nitrogens with zero attached hydrogens (tertiary/aromatic N) is 2. The van der Waals surface area contributed by atoms with E-state index in [-0.39, 0.29) is 11.5 Å². The lowest BCUT2D eigenvalue weighted by molar-refractivity contribution is 0.0624. The van der Waals surface area contributed by atoms with Crippen LogP contribution in [0.2, 0.25) is 0 Å². The van der Waals surface area contributed by atoms with Crippen LogP contribution in [0.5, 0.6) is 5.75 Å². The molecule has 1 aromatic carbocycles. The predicted molar refractivity (Wildman–Crippen MR) is 105 cm³/mol. The summed E-state index contributed by atoms with van der Waals surface area (Å²) >= 11 is 1.69. The molecule has 0 aliphatic carbocycles. The summed E-state index contributed by atoms with van der Waals surface area (Å²) in [5, 5.41) is 4.89. The molecular weight excluding hydrogens is 364 g/mol. The number of para-hydroxylation sites is 1. The Morgan fingerprint density at radius 2 is 2.04 bits per heavy atom. The van der Waals surface area contributed by atoms with Crippen LogP contribution >= 0.6 is 11.3 Å². The SMILES string of the molecule is COc1cccc2cc(C(=O)N3CCN(Cc4ccsc4)CC3)c(=O)oc12. The van der Waals surface area contributed by atoms with Crippen LogP contribution in [0.1, 0.15) is 15.9 Å². The standard InChI is InChI=1S/C20H20N2O4S/c1-25-17-4-2-3-15-11-16(20(24)26-18(15)17)19(23)22-8-6-21(7-9-22)12-14-5-10-27-13-14/h2-5,10-11,13H,6-9,12H2,1H3. The van der Waals surface area contributed by atoms with Crippen molar-refractivity contribution in [1.29, 1.82) is 0 Å². The average Bonchev–Trinajstić information content (AvgIpc) is 3.20. The Hall–Kier alpha value is -2.64. The minimum absolute atomic E-state index is 0.0713. The molecule has 0 saturated carbocycles. The molecule has 7 heteroatoms. The molecule has 1 aliphatic heterocycles. The maximum absolute atomic E-state index is 12.9. The number of hydrogen-bond acceptors (Lipinski definition) is 6. The molecule has 27 heavy (non-hydrogen) atoms. The molecule has 140 valence electrons. The Labute approximate surface area is 160 Å². The molecule has 1 amide bonds. The van der Waals surface area contributed by atoms with Crippen molar-refractivity contribution < 1.29 is 13.9 Å². The van der Waals surface area contributed by atoms with Crippen LogP contribution in [-0.2, 0) is 6.54 Å². The first kappa shape index (κ1) is 17.8. The number of rotatable bonds is 4. The fraction of sp³-hybridized carbons (Fsp3) is 0.300. The molecule has 0 bridgehead atoms. The smallest absolute Gasteiger partial charge is 0.349 e. The van der Waals surface area contributed by atoms with Crippen LogP contribution in [0.25, 0.3) is 11.0 Å². The van der Waals surface area contributed by atoms with E-state index in [4.69, 9.17) is 9.15 Å². The van der Waals surface area contributed by atoms with Crippen LogP contribution in [0.3, 0.4) is 0 Å². The molecule has 1 fully saturated rings. The summed E-state index contributed by atoms with van der Waals surface area (Å²) in [6.07, 6.45) is 0. The molecule has 3 aromatic rings. The van der Waals surface area contributed by atoms with Gasteiger partial charge in [0.15, 0.2) is 11.3 Å². The van der Waals surface area contributed by atoms with Gasteiger partial charge in [-0.15, -0.1) is 0 Å². The number of amides is 1. The first-order valence-corrected chi connectivity index (χ1v) is 9.73. The topological polar surface area (TPSA) is 63.0 Å². The van der Waals surface area contributed by atoms with Gasteiger partial charge >= 0.3 is 5.63 Å². The van der Waals surface area contributed by atoms with Gasteiger partial charge in [-0.25, -0.2) is 4.79 Å². The van der Waals surface area contributed by atoms with Gasteiger partial charge in [0.25, 0.3) is 5.91 Å². The molecule has 1 saturated heterocycles. The molecule has 1 aliphatic rings. The number of carbonyl (C=O) groups excluding carboxylic acids is 1. The highest BCUT2D eigenvalue weighted by atomic mass is 32.1. The van der Waals surface area contributed by atoms with Crippen molar-refractivity contribution in [2.24, 2.45) is 0 Å². The fourth-order valence-electron chi connectivity index (χ4n) is 3.35. The average molecular weight is 384 g/mol. The molecule has 0 unspecified atom stereocenters. The molecule has 4 rings (SSSR count). The van der Waals surface area contributed by atoms with Gasteiger partial charge in [0, 0.05) is 38.1 Å². The lowest BCUT2D eigenvalue weighted by Crippen LogP contribution is -2.49. The van der Waals surface area contributed by atoms with E-state index >= 15 is 0 Å². The third kappa shape index (κ3) is 3.61. The Morgan fingerprint density at radius 3 is 2.74 bits per heavy atom. The summed E-state index contributed by atoms with van der Waals surface area (Å²) < 4.78 is 10.6. The van der Waals surface area contributed by atoms with Gasteiger partial charge in [0.2, 0.25) is 0 Å². The van der Waals surface area contributed by atoms with Crippen molar-refractivity contribution in [1.82, 2.24) is 9.80 Å². The number of piperazine rings is 1. The Morgan fingerprint density at radius 1 is 1.22 bits per heavy atom. The first-order chi connectivity index (χ1) is 13.2. The van der Waals surface area contributed by atoms with Gasteiger partial charge in [-0.05, 0) is 34.5 Å². The Bertz CT molecular complexity index is 1000. The highest BCUT2D eigenvalue weighted by Gasteiger charge is 2.25. The lowest BCUT2D eigenvalue weighted by atomic mass is 10.1. The number of fused-ring (bicyclic) bond motifs is 1. The number of hydrogen-bond donors (Lipinski definition) is 0. The quantitative estimate of drug-likeness (QED) is 0.648. The van der Waals surface area contributed by atoms with E-state index in [0.29, 0.717) is 29.8 Å². The van der Waals surface area contributed by atoms with Crippen LogP contribution in [-0.4, -0.2) is 49.0 Å². The second-order valence-corrected chi connectivity index (χ2v) is 7.31. The molecule has 0 radical (unpaired) electrons. The highest BCUT2D eigenvalue weighted by Crippen LogP contribution is 2.25. The van der Waals surface area contributed by atoms with E-state index in [1.165, 1.54) is 12.7 Å². The Kier molecular flexibility index (Phi) is 4.96. The number of benzene rings is 1. The van der Waals surface area contributed by atoms with Gasteiger partial charge < -0.3 is 14.1 Å². The summed E-state index contributed by atoms with van der Waals surface area (Å²) in [6, 6.07) is 9.05. The summed E-state index contributed by atoms with van der Waals surface area (Å²) in [6.45, 7) is 3.66. The second-order valence-electron chi connectivity index (χ2n) is 6.53. The molecule has 2 aromatic heterocycles. The Balaban J connectivity index is 1.50. The molecule has 6 nitrogen and oxygen atoms in total. The van der Waals surface area contributed by atoms with Gasteiger partial charge in [0.05, 0.1) is 7.11 Å². The number of carbonyl (C=O) groups is 1. The molecule has 0 spiro atoms. The summed E-state index contributed by atoms with van der Waals surface area (Å²) in [5.74, 6) is 0.203. The van der Waals surface area contributed by atoms with E-state index in [9.17, 15) is 9.59 Å². The third-order valence-corrected chi connectivity index (χ3v) is 5.55. The van der Waals surface area contributed by atoms with E-state index in [2.05, 4.69) is 21.7 Å². The first-order valence-electron chi connectivity index (χ1n) is 8.79. The summed E-state index contributed by atoms with van der Waals surface area (Å²) in [4.78, 5) is 29.3. The number of thiophene rings is 1. The largest absolute Gasteiger partial charge is 0.493 e. The monoisotopic (exact) mass is 384 g/mol. The van der Waals surface area contributed by atoms with Crippen molar-refractivity contribution in [3.8, 4) is 5.75 Å². The molecule has 0 atom stereocenters. The lowest BCUT2D eigenvalue weighted by Gasteiger charge is -2.34. The second kappa shape index (κ2) is 7.54. The van der Waals surface area contributed by atoms with Crippen LogP contribution in [0.4, 0.5) is 0 Å². The highest BCUT2D eigenvalue weighted by molar-refractivity contribution is 7.07. The van der Waals surface area contributed by atoms with Gasteiger partial charge in [-0.3, -0.25) is 9.69 Å². The van der Waals surface area contributed by atoms with E-state index in [1.54, 1.807) is 40.5 Å². The predicted octanol–water partition coefficient (Wildman–Crippen LogP) is 2.82. The van der Waals surface area contributed by atoms with Crippen molar-refractivity contribution in [3.63, 3.8) is 0 Å². The maximum Gasteiger partial charge on any atom is 0.349 e. The zero-order valence-corrected chi connectivity index (χ0v) is 15.8. The minimum atomic E-state index is -0.627. The van der Waals surface area contributed by atoms with Gasteiger partial charge in [0.1, 0.15) is 5.56 Å². The fourth-order valence-corrected chi connectivity index (χ4v) is 4.01. The zero-order chi connectivity index (χ0) is 18.8. The van der Waals surface area contributed by atoms with Crippen LogP contribution in [0.15, 0.2) is 50.3 Å². The van der Waals surface area contributed by atoms with Crippen molar-refractivity contribution in [3.05, 3.63) is 62.6 Å². The van der Waals surface area contributed by atoms with Crippen LogP contribution in [0, 0.1) is 0 Å². The number of ether oxygens (including phenoxy) is 1. The van der Waals surface area contributed by atoms with Crippen molar-refractivity contribution in [2.75, 3.05) is 33.3 Å². The number of methoxy groups -OCH3 is 1. The zero-order valence-electron chi connectivity index (χ0n) is 15.0. The molecule has 3 heterocycles. The van der Waals surface area contributed by atoms with E-state index in [0.717, 1.165) is 19.6 Å². The maximum atomic E-state index is 12.9. The van der Waals surface area contributed by atoms with Gasteiger partial charge in [-0.2, -0.15) is 11.3 Å². The molecular formula is C20H20N2O4S. The van der Waals surface area contributed by atoms with Crippen LogP contribution < -0.4 is 10.4 Å². The van der Waals surface area contributed by atoms with E-state index in [1.807, 2.05) is 0 Å². The van der Waals surface area contributed by atoms with E-state index < -0.39 is 5.63 Å². The summed E-state index contributed by atoms with van der Waals surface area (Å²) in [5.41, 5.74) is 1.10. The van der Waals surface area contributed by atoms with Crippen molar-refractivity contribution >= 4 is 28.2 Å². The summed E-state index contributed by atoms with van der Waals surface area (Å²) in [7, 11) is 1.52. The minimum Gasteiger partial charge on any atom is -0.493 e. The van der Waals surface area contributed by atoms with Gasteiger partial charge in [-0.1, -0.05) is 12.1 Å². The third-order valence-electron chi connectivity index (χ3n) is 4.82.